The number of aromatic hydroxyl groups is 2. The van der Waals surface area contributed by atoms with Crippen LogP contribution in [0, 0.1) is 5.92 Å². The van der Waals surface area contributed by atoms with Crippen LogP contribution in [0.3, 0.4) is 0 Å². The molecule has 128 valence electrons. The van der Waals surface area contributed by atoms with Crippen LogP contribution >= 0.6 is 11.3 Å². The van der Waals surface area contributed by atoms with Gasteiger partial charge in [0.15, 0.2) is 11.5 Å². The third-order valence-corrected chi connectivity index (χ3v) is 6.63. The molecule has 4 heteroatoms. The topological polar surface area (TPSA) is 52.5 Å². The van der Waals surface area contributed by atoms with Crippen LogP contribution in [0.4, 0.5) is 0 Å². The number of rotatable bonds is 3. The number of phenols is 2. The van der Waals surface area contributed by atoms with Crippen LogP contribution in [0.2, 0.25) is 0 Å². The van der Waals surface area contributed by atoms with E-state index >= 15 is 0 Å². The minimum absolute atomic E-state index is 0.000803. The fraction of sp³-hybridized carbons (Fsp3) is 0.500. The largest absolute Gasteiger partial charge is 0.504 e. The Kier molecular flexibility index (Phi) is 4.05. The highest BCUT2D eigenvalue weighted by atomic mass is 32.1. The van der Waals surface area contributed by atoms with Crippen molar-refractivity contribution in [2.24, 2.45) is 5.92 Å². The Balaban J connectivity index is 1.73. The maximum absolute atomic E-state index is 10.00. The Morgan fingerprint density at radius 1 is 1.17 bits per heavy atom. The molecule has 2 aromatic rings. The molecule has 0 bridgehead atoms. The first-order valence-electron chi connectivity index (χ1n) is 8.92. The molecule has 0 fully saturated rings. The first-order chi connectivity index (χ1) is 11.5. The molecule has 3 N–H and O–H groups in total. The summed E-state index contributed by atoms with van der Waals surface area (Å²) >= 11 is 1.94. The zero-order valence-electron chi connectivity index (χ0n) is 14.3. The van der Waals surface area contributed by atoms with E-state index in [9.17, 15) is 10.2 Å². The van der Waals surface area contributed by atoms with Crippen LogP contribution in [0.5, 0.6) is 11.5 Å². The quantitative estimate of drug-likeness (QED) is 0.729. The van der Waals surface area contributed by atoms with Gasteiger partial charge in [-0.3, -0.25) is 0 Å². The molecule has 1 aliphatic heterocycles. The van der Waals surface area contributed by atoms with Crippen LogP contribution < -0.4 is 5.32 Å². The number of hydrogen-bond donors (Lipinski definition) is 3. The van der Waals surface area contributed by atoms with Crippen molar-refractivity contribution < 1.29 is 10.2 Å². The van der Waals surface area contributed by atoms with Crippen molar-refractivity contribution in [3.63, 3.8) is 0 Å². The molecule has 0 unspecified atom stereocenters. The van der Waals surface area contributed by atoms with Crippen molar-refractivity contribution in [3.8, 4) is 11.5 Å². The van der Waals surface area contributed by atoms with E-state index in [1.807, 2.05) is 11.3 Å². The molecule has 24 heavy (non-hydrogen) atoms. The van der Waals surface area contributed by atoms with Crippen molar-refractivity contribution in [3.05, 3.63) is 44.6 Å². The van der Waals surface area contributed by atoms with E-state index in [4.69, 9.17) is 0 Å². The summed E-state index contributed by atoms with van der Waals surface area (Å²) in [6, 6.07) is 6.37. The van der Waals surface area contributed by atoms with E-state index in [2.05, 4.69) is 25.2 Å². The van der Waals surface area contributed by atoms with Crippen LogP contribution in [-0.4, -0.2) is 16.3 Å². The Morgan fingerprint density at radius 3 is 2.75 bits per heavy atom. The first kappa shape index (κ1) is 16.0. The molecule has 4 rings (SSSR count). The number of aryl methyl sites for hydroxylation is 2. The van der Waals surface area contributed by atoms with Crippen LogP contribution in [0.1, 0.15) is 59.1 Å². The van der Waals surface area contributed by atoms with Gasteiger partial charge in [0.25, 0.3) is 0 Å². The van der Waals surface area contributed by atoms with Crippen molar-refractivity contribution >= 4 is 11.3 Å². The minimum Gasteiger partial charge on any atom is -0.504 e. The van der Waals surface area contributed by atoms with Crippen molar-refractivity contribution in [2.45, 2.75) is 58.0 Å². The van der Waals surface area contributed by atoms with Crippen molar-refractivity contribution in [2.75, 3.05) is 0 Å². The summed E-state index contributed by atoms with van der Waals surface area (Å²) in [6.07, 6.45) is 4.42. The van der Waals surface area contributed by atoms with E-state index in [0.717, 1.165) is 31.7 Å². The molecular formula is C20H25NO2S. The lowest BCUT2D eigenvalue weighted by molar-refractivity contribution is 0.382. The van der Waals surface area contributed by atoms with E-state index in [-0.39, 0.29) is 11.5 Å². The van der Waals surface area contributed by atoms with E-state index in [0.29, 0.717) is 12.0 Å². The van der Waals surface area contributed by atoms with Gasteiger partial charge in [0, 0.05) is 28.3 Å². The molecule has 1 aromatic carbocycles. The molecule has 0 amide bonds. The van der Waals surface area contributed by atoms with E-state index < -0.39 is 0 Å². The number of hydrogen-bond acceptors (Lipinski definition) is 4. The second-order valence-corrected chi connectivity index (χ2v) is 8.79. The van der Waals surface area contributed by atoms with Gasteiger partial charge in [0.2, 0.25) is 0 Å². The standard InChI is InChI=1S/C20H25NO2S/c1-11(2)3-5-13-8-15-19(24-13)10-21-16-6-4-12-7-17(22)18(23)9-14(12)20(15)16/h7-9,11,16,20-23H,3-6,10H2,1-2H3/t16-,20+/m0/s1. The fourth-order valence-corrected chi connectivity index (χ4v) is 5.30. The first-order valence-corrected chi connectivity index (χ1v) is 9.74. The zero-order valence-corrected chi connectivity index (χ0v) is 15.1. The zero-order chi connectivity index (χ0) is 16.8. The lowest BCUT2D eigenvalue weighted by Crippen LogP contribution is -2.41. The molecule has 0 saturated carbocycles. The predicted molar refractivity (Wildman–Crippen MR) is 98.0 cm³/mol. The lowest BCUT2D eigenvalue weighted by atomic mass is 9.74. The van der Waals surface area contributed by atoms with Crippen LogP contribution in [-0.2, 0) is 19.4 Å². The van der Waals surface area contributed by atoms with Gasteiger partial charge in [-0.2, -0.15) is 0 Å². The lowest BCUT2D eigenvalue weighted by Gasteiger charge is -2.38. The average molecular weight is 343 g/mol. The number of nitrogens with one attached hydrogen (secondary N) is 1. The molecule has 3 nitrogen and oxygen atoms in total. The average Bonchev–Trinajstić information content (AvgIpc) is 2.97. The molecule has 1 aliphatic carbocycles. The van der Waals surface area contributed by atoms with E-state index in [1.54, 1.807) is 12.1 Å². The third kappa shape index (κ3) is 2.72. The summed E-state index contributed by atoms with van der Waals surface area (Å²) in [5.41, 5.74) is 3.80. The molecule has 2 aliphatic rings. The number of benzene rings is 1. The van der Waals surface area contributed by atoms with Gasteiger partial charge in [-0.1, -0.05) is 13.8 Å². The summed E-state index contributed by atoms with van der Waals surface area (Å²) in [4.78, 5) is 2.92. The normalized spacial score (nSPS) is 22.1. The number of phenolic OH excluding ortho intramolecular Hbond substituents is 2. The van der Waals surface area contributed by atoms with Gasteiger partial charge < -0.3 is 15.5 Å². The van der Waals surface area contributed by atoms with Gasteiger partial charge in [-0.05, 0) is 66.5 Å². The van der Waals surface area contributed by atoms with Crippen LogP contribution in [0.25, 0.3) is 0 Å². The highest BCUT2D eigenvalue weighted by Gasteiger charge is 2.36. The molecule has 2 atom stereocenters. The number of thiophene rings is 1. The van der Waals surface area contributed by atoms with E-state index in [1.165, 1.54) is 32.9 Å². The maximum atomic E-state index is 10.00. The molecule has 1 aromatic heterocycles. The number of fused-ring (bicyclic) bond motifs is 5. The predicted octanol–water partition coefficient (Wildman–Crippen LogP) is 4.30. The molecular weight excluding hydrogens is 318 g/mol. The molecule has 2 heterocycles. The molecule has 0 radical (unpaired) electrons. The smallest absolute Gasteiger partial charge is 0.157 e. The monoisotopic (exact) mass is 343 g/mol. The fourth-order valence-electron chi connectivity index (χ4n) is 4.12. The molecule has 0 saturated heterocycles. The highest BCUT2D eigenvalue weighted by Crippen LogP contribution is 2.46. The summed E-state index contributed by atoms with van der Waals surface area (Å²) in [7, 11) is 0. The minimum atomic E-state index is -0.00298. The Morgan fingerprint density at radius 2 is 1.96 bits per heavy atom. The van der Waals surface area contributed by atoms with Gasteiger partial charge in [0.1, 0.15) is 0 Å². The summed E-state index contributed by atoms with van der Waals surface area (Å²) in [5, 5.41) is 23.5. The highest BCUT2D eigenvalue weighted by molar-refractivity contribution is 7.12. The van der Waals surface area contributed by atoms with Crippen molar-refractivity contribution in [1.82, 2.24) is 5.32 Å². The van der Waals surface area contributed by atoms with Gasteiger partial charge >= 0.3 is 0 Å². The summed E-state index contributed by atoms with van der Waals surface area (Å²) < 4.78 is 0. The second kappa shape index (κ2) is 6.08. The van der Waals surface area contributed by atoms with Crippen LogP contribution in [0.15, 0.2) is 18.2 Å². The van der Waals surface area contributed by atoms with Crippen molar-refractivity contribution in [1.29, 1.82) is 0 Å². The maximum Gasteiger partial charge on any atom is 0.157 e. The van der Waals surface area contributed by atoms with Gasteiger partial charge in [0.05, 0.1) is 0 Å². The molecule has 0 spiro atoms. The second-order valence-electron chi connectivity index (χ2n) is 7.57. The Labute approximate surface area is 147 Å². The summed E-state index contributed by atoms with van der Waals surface area (Å²) in [6.45, 7) is 5.51. The Hall–Kier alpha value is -1.52. The third-order valence-electron chi connectivity index (χ3n) is 5.42. The SMILES string of the molecule is CC(C)CCc1cc2c(s1)CN[C@H]1CCc3cc(O)c(O)cc3[C@H]21. The Bertz CT molecular complexity index is 765. The van der Waals surface area contributed by atoms with Gasteiger partial charge in [-0.25, -0.2) is 0 Å². The van der Waals surface area contributed by atoms with Gasteiger partial charge in [-0.15, -0.1) is 11.3 Å². The summed E-state index contributed by atoms with van der Waals surface area (Å²) in [5.74, 6) is 1.02.